The molecular weight excluding hydrogens is 353 g/mol. The molecule has 0 radical (unpaired) electrons. The highest BCUT2D eigenvalue weighted by atomic mass is 32.1. The van der Waals surface area contributed by atoms with E-state index in [1.165, 1.54) is 12.1 Å². The lowest BCUT2D eigenvalue weighted by atomic mass is 10.1. The van der Waals surface area contributed by atoms with E-state index in [0.29, 0.717) is 23.2 Å². The van der Waals surface area contributed by atoms with E-state index in [-0.39, 0.29) is 12.4 Å². The van der Waals surface area contributed by atoms with Crippen LogP contribution in [0.15, 0.2) is 60.2 Å². The number of benzene rings is 2. The number of hydrazone groups is 1. The zero-order valence-electron chi connectivity index (χ0n) is 14.4. The molecule has 0 saturated carbocycles. The Morgan fingerprint density at radius 3 is 2.73 bits per heavy atom. The van der Waals surface area contributed by atoms with Crippen molar-refractivity contribution in [1.82, 2.24) is 10.7 Å². The molecule has 0 aliphatic heterocycles. The van der Waals surface area contributed by atoms with Crippen molar-refractivity contribution in [2.24, 2.45) is 5.10 Å². The van der Waals surface area contributed by atoms with E-state index in [1.807, 2.05) is 18.2 Å². The first-order valence-electron chi connectivity index (χ1n) is 7.85. The van der Waals surface area contributed by atoms with Crippen molar-refractivity contribution in [3.8, 4) is 11.5 Å². The smallest absolute Gasteiger partial charge is 0.187 e. The fourth-order valence-electron chi connectivity index (χ4n) is 2.05. The molecule has 0 aromatic heterocycles. The van der Waals surface area contributed by atoms with E-state index in [9.17, 15) is 4.39 Å². The number of nitrogens with zero attached hydrogens (tertiary/aromatic N) is 1. The maximum Gasteiger partial charge on any atom is 0.187 e. The molecule has 0 fully saturated rings. The number of hydrogen-bond acceptors (Lipinski definition) is 4. The van der Waals surface area contributed by atoms with Crippen molar-refractivity contribution < 1.29 is 13.9 Å². The summed E-state index contributed by atoms with van der Waals surface area (Å²) in [4.78, 5) is 0. The van der Waals surface area contributed by atoms with Crippen LogP contribution in [-0.2, 0) is 6.61 Å². The second kappa shape index (κ2) is 10.1. The van der Waals surface area contributed by atoms with Gasteiger partial charge in [-0.3, -0.25) is 5.43 Å². The first kappa shape index (κ1) is 19.4. The van der Waals surface area contributed by atoms with E-state index >= 15 is 0 Å². The van der Waals surface area contributed by atoms with Gasteiger partial charge in [0.25, 0.3) is 0 Å². The topological polar surface area (TPSA) is 54.9 Å². The molecule has 2 rings (SSSR count). The van der Waals surface area contributed by atoms with Gasteiger partial charge in [-0.05, 0) is 60.2 Å². The van der Waals surface area contributed by atoms with Crippen molar-refractivity contribution in [2.75, 3.05) is 13.7 Å². The van der Waals surface area contributed by atoms with Gasteiger partial charge in [0.2, 0.25) is 0 Å². The van der Waals surface area contributed by atoms with E-state index in [2.05, 4.69) is 22.4 Å². The van der Waals surface area contributed by atoms with E-state index in [4.69, 9.17) is 21.7 Å². The van der Waals surface area contributed by atoms with Gasteiger partial charge in [0, 0.05) is 12.1 Å². The molecule has 2 aromatic carbocycles. The standard InChI is InChI=1S/C19H20FN3O2S/c1-3-10-21-19(26)23-22-12-14-4-9-18(24-2)15(11-14)13-25-17-7-5-16(20)6-8-17/h3-9,11-12H,1,10,13H2,2H3,(H2,21,23,26)/b22-12+. The van der Waals surface area contributed by atoms with Crippen LogP contribution in [0.3, 0.4) is 0 Å². The number of rotatable bonds is 8. The third-order valence-electron chi connectivity index (χ3n) is 3.30. The molecule has 0 heterocycles. The second-order valence-corrected chi connectivity index (χ2v) is 5.59. The van der Waals surface area contributed by atoms with Crippen LogP contribution < -0.4 is 20.2 Å². The minimum absolute atomic E-state index is 0.281. The van der Waals surface area contributed by atoms with Crippen LogP contribution >= 0.6 is 12.2 Å². The highest BCUT2D eigenvalue weighted by Crippen LogP contribution is 2.22. The molecule has 7 heteroatoms. The van der Waals surface area contributed by atoms with Crippen LogP contribution in [0.25, 0.3) is 0 Å². The maximum absolute atomic E-state index is 13.0. The van der Waals surface area contributed by atoms with Crippen molar-refractivity contribution in [3.63, 3.8) is 0 Å². The molecule has 0 unspecified atom stereocenters. The van der Waals surface area contributed by atoms with Gasteiger partial charge >= 0.3 is 0 Å². The molecule has 26 heavy (non-hydrogen) atoms. The summed E-state index contributed by atoms with van der Waals surface area (Å²) in [5, 5.41) is 7.41. The molecule has 0 atom stereocenters. The molecule has 2 N–H and O–H groups in total. The maximum atomic E-state index is 13.0. The van der Waals surface area contributed by atoms with Crippen LogP contribution in [0.5, 0.6) is 11.5 Å². The van der Waals surface area contributed by atoms with Gasteiger partial charge in [-0.25, -0.2) is 4.39 Å². The SMILES string of the molecule is C=CCNC(=S)N/N=C/c1ccc(OC)c(COc2ccc(F)cc2)c1. The normalized spacial score (nSPS) is 10.4. The van der Waals surface area contributed by atoms with E-state index in [1.54, 1.807) is 31.5 Å². The Morgan fingerprint density at radius 2 is 2.04 bits per heavy atom. The molecule has 2 aromatic rings. The van der Waals surface area contributed by atoms with Crippen LogP contribution in [0.2, 0.25) is 0 Å². The Morgan fingerprint density at radius 1 is 1.27 bits per heavy atom. The zero-order valence-corrected chi connectivity index (χ0v) is 15.2. The molecular formula is C19H20FN3O2S. The Balaban J connectivity index is 2.01. The quantitative estimate of drug-likeness (QED) is 0.321. The average Bonchev–Trinajstić information content (AvgIpc) is 2.66. The molecule has 0 amide bonds. The molecule has 0 bridgehead atoms. The van der Waals surface area contributed by atoms with Gasteiger partial charge < -0.3 is 14.8 Å². The number of hydrogen-bond donors (Lipinski definition) is 2. The Kier molecular flexibility index (Phi) is 7.57. The first-order chi connectivity index (χ1) is 12.6. The summed E-state index contributed by atoms with van der Waals surface area (Å²) < 4.78 is 24.0. The summed E-state index contributed by atoms with van der Waals surface area (Å²) >= 11 is 5.05. The third kappa shape index (κ3) is 6.18. The lowest BCUT2D eigenvalue weighted by Crippen LogP contribution is -2.31. The summed E-state index contributed by atoms with van der Waals surface area (Å²) in [5.74, 6) is 0.967. The van der Waals surface area contributed by atoms with Gasteiger partial charge in [-0.1, -0.05) is 6.08 Å². The number of methoxy groups -OCH3 is 1. The van der Waals surface area contributed by atoms with Gasteiger partial charge in [-0.15, -0.1) is 6.58 Å². The third-order valence-corrected chi connectivity index (χ3v) is 3.53. The van der Waals surface area contributed by atoms with Crippen LogP contribution in [0.4, 0.5) is 4.39 Å². The second-order valence-electron chi connectivity index (χ2n) is 5.18. The van der Waals surface area contributed by atoms with Crippen molar-refractivity contribution >= 4 is 23.5 Å². The highest BCUT2D eigenvalue weighted by molar-refractivity contribution is 7.80. The fraction of sp³-hybridized carbons (Fsp3) is 0.158. The predicted molar refractivity (Wildman–Crippen MR) is 105 cm³/mol. The van der Waals surface area contributed by atoms with Gasteiger partial charge in [0.05, 0.1) is 13.3 Å². The number of halogens is 1. The number of thiocarbonyl (C=S) groups is 1. The van der Waals surface area contributed by atoms with Crippen LogP contribution in [-0.4, -0.2) is 25.0 Å². The van der Waals surface area contributed by atoms with Crippen molar-refractivity contribution in [3.05, 3.63) is 72.1 Å². The molecule has 0 spiro atoms. The van der Waals surface area contributed by atoms with Gasteiger partial charge in [0.15, 0.2) is 5.11 Å². The highest BCUT2D eigenvalue weighted by Gasteiger charge is 2.05. The van der Waals surface area contributed by atoms with Crippen molar-refractivity contribution in [1.29, 1.82) is 0 Å². The Labute approximate surface area is 157 Å². The summed E-state index contributed by atoms with van der Waals surface area (Å²) in [5.41, 5.74) is 4.41. The minimum Gasteiger partial charge on any atom is -0.496 e. The number of ether oxygens (including phenoxy) is 2. The summed E-state index contributed by atoms with van der Waals surface area (Å²) in [6, 6.07) is 11.5. The fourth-order valence-corrected chi connectivity index (χ4v) is 2.19. The van der Waals surface area contributed by atoms with Crippen LogP contribution in [0, 0.1) is 5.82 Å². The lowest BCUT2D eigenvalue weighted by Gasteiger charge is -2.11. The summed E-state index contributed by atoms with van der Waals surface area (Å²) in [6.45, 7) is 4.44. The van der Waals surface area contributed by atoms with E-state index in [0.717, 1.165) is 11.1 Å². The average molecular weight is 373 g/mol. The monoisotopic (exact) mass is 373 g/mol. The lowest BCUT2D eigenvalue weighted by molar-refractivity contribution is 0.296. The molecule has 0 aliphatic rings. The largest absolute Gasteiger partial charge is 0.496 e. The summed E-state index contributed by atoms with van der Waals surface area (Å²) in [6.07, 6.45) is 3.34. The predicted octanol–water partition coefficient (Wildman–Crippen LogP) is 3.40. The van der Waals surface area contributed by atoms with Crippen molar-refractivity contribution in [2.45, 2.75) is 6.61 Å². The van der Waals surface area contributed by atoms with Gasteiger partial charge in [0.1, 0.15) is 23.9 Å². The minimum atomic E-state index is -0.305. The van der Waals surface area contributed by atoms with Crippen LogP contribution in [0.1, 0.15) is 11.1 Å². The van der Waals surface area contributed by atoms with E-state index < -0.39 is 0 Å². The van der Waals surface area contributed by atoms with Gasteiger partial charge in [-0.2, -0.15) is 5.10 Å². The molecule has 5 nitrogen and oxygen atoms in total. The Bertz CT molecular complexity index is 779. The zero-order chi connectivity index (χ0) is 18.8. The number of nitrogens with one attached hydrogen (secondary N) is 2. The summed E-state index contributed by atoms with van der Waals surface area (Å²) in [7, 11) is 1.59. The molecule has 0 aliphatic carbocycles. The Hall–Kier alpha value is -2.93. The first-order valence-corrected chi connectivity index (χ1v) is 8.26. The molecule has 0 saturated heterocycles. The molecule has 136 valence electrons.